The quantitative estimate of drug-likeness (QED) is 0.455. The Morgan fingerprint density at radius 1 is 1.18 bits per heavy atom. The first-order chi connectivity index (χ1) is 19.1. The molecular weight excluding hydrogens is 528 g/mol. The fourth-order valence-corrected chi connectivity index (χ4v) is 7.81. The van der Waals surface area contributed by atoms with Gasteiger partial charge < -0.3 is 25.6 Å². The largest absolute Gasteiger partial charge is 0.480 e. The highest BCUT2D eigenvalue weighted by molar-refractivity contribution is 7.18. The van der Waals surface area contributed by atoms with Gasteiger partial charge in [-0.1, -0.05) is 13.0 Å². The summed E-state index contributed by atoms with van der Waals surface area (Å²) in [4.78, 5) is 51.4. The highest BCUT2D eigenvalue weighted by atomic mass is 32.1. The molecule has 3 aliphatic rings. The number of fused-ring (bicyclic) bond motifs is 1. The number of likely N-dealkylation sites (tertiary alicyclic amines) is 2. The van der Waals surface area contributed by atoms with Crippen LogP contribution in [0.5, 0.6) is 5.88 Å². The topological polar surface area (TPSA) is 131 Å². The monoisotopic (exact) mass is 562 g/mol. The summed E-state index contributed by atoms with van der Waals surface area (Å²) in [5.41, 5.74) is 8.07. The van der Waals surface area contributed by atoms with Crippen molar-refractivity contribution in [1.82, 2.24) is 19.8 Å². The van der Waals surface area contributed by atoms with Crippen molar-refractivity contribution in [1.29, 1.82) is 0 Å². The van der Waals surface area contributed by atoms with E-state index in [1.54, 1.807) is 16.2 Å². The van der Waals surface area contributed by atoms with Crippen molar-refractivity contribution >= 4 is 45.0 Å². The number of nitrogens with one attached hydrogen (secondary N) is 1. The molecule has 2 aliphatic heterocycles. The molecule has 1 spiro atoms. The van der Waals surface area contributed by atoms with Gasteiger partial charge in [0.25, 0.3) is 5.91 Å². The van der Waals surface area contributed by atoms with Crippen molar-refractivity contribution < 1.29 is 19.1 Å². The molecule has 1 saturated carbocycles. The third kappa shape index (κ3) is 4.81. The Hall–Kier alpha value is -3.57. The van der Waals surface area contributed by atoms with E-state index in [1.807, 2.05) is 0 Å². The van der Waals surface area contributed by atoms with Gasteiger partial charge >= 0.3 is 11.8 Å². The minimum Gasteiger partial charge on any atom is -0.480 e. The SMILES string of the molecule is COc1ncc(NC(=O)C(=O)N2C[C@@H](C)CC[C@@H]2c2ccc3sc(C4CC5(C4)CN(C)C5)nc3c2)cc1C(N)=O. The number of benzene rings is 1. The Bertz CT molecular complexity index is 1490. The third-order valence-corrected chi connectivity index (χ3v) is 9.77. The maximum Gasteiger partial charge on any atom is 0.313 e. The standard InChI is InChI=1S/C29H34N6O4S/c1-16-4-6-22(35(13-16)28(38)25(37)32-19-9-20(24(30)36)26(39-3)31-12-19)17-5-7-23-21(8-17)33-27(40-23)18-10-29(11-18)14-34(2)15-29/h5,7-9,12,16,18,22H,4,6,10-11,13-15H2,1-3H3,(H2,30,36)(H,32,37)/t16-,22+/m0/s1. The highest BCUT2D eigenvalue weighted by Gasteiger charge is 2.52. The van der Waals surface area contributed by atoms with Crippen LogP contribution < -0.4 is 15.8 Å². The summed E-state index contributed by atoms with van der Waals surface area (Å²) in [7, 11) is 3.55. The number of hydrogen-bond donors (Lipinski definition) is 2. The molecule has 11 heteroatoms. The van der Waals surface area contributed by atoms with Gasteiger partial charge in [0.15, 0.2) is 0 Å². The number of nitrogens with two attached hydrogens (primary N) is 1. The van der Waals surface area contributed by atoms with E-state index in [2.05, 4.69) is 47.4 Å². The molecule has 3 amide bonds. The molecule has 3 fully saturated rings. The molecule has 6 rings (SSSR count). The average molecular weight is 563 g/mol. The normalized spacial score (nSPS) is 22.5. The predicted octanol–water partition coefficient (Wildman–Crippen LogP) is 3.55. The Labute approximate surface area is 236 Å². The number of ether oxygens (including phenoxy) is 1. The van der Waals surface area contributed by atoms with Crippen LogP contribution in [0.3, 0.4) is 0 Å². The lowest BCUT2D eigenvalue weighted by Crippen LogP contribution is -2.59. The van der Waals surface area contributed by atoms with E-state index in [1.165, 1.54) is 50.3 Å². The zero-order valence-corrected chi connectivity index (χ0v) is 23.8. The number of piperidine rings is 1. The average Bonchev–Trinajstić information content (AvgIpc) is 3.32. The first-order valence-corrected chi connectivity index (χ1v) is 14.5. The lowest BCUT2D eigenvalue weighted by molar-refractivity contribution is -0.146. The van der Waals surface area contributed by atoms with Crippen LogP contribution in [-0.4, -0.2) is 71.3 Å². The van der Waals surface area contributed by atoms with Gasteiger partial charge in [-0.05, 0) is 67.8 Å². The number of primary amides is 1. The van der Waals surface area contributed by atoms with Crippen LogP contribution in [-0.2, 0) is 9.59 Å². The number of nitrogens with zero attached hydrogens (tertiary/aromatic N) is 4. The minimum atomic E-state index is -0.793. The second-order valence-electron chi connectivity index (χ2n) is 11.8. The Kier molecular flexibility index (Phi) is 6.74. The maximum absolute atomic E-state index is 13.5. The lowest BCUT2D eigenvalue weighted by atomic mass is 9.58. The number of rotatable bonds is 5. The van der Waals surface area contributed by atoms with Crippen LogP contribution in [0.15, 0.2) is 30.5 Å². The van der Waals surface area contributed by atoms with Crippen molar-refractivity contribution in [3.05, 3.63) is 46.6 Å². The molecule has 3 aromatic rings. The molecule has 1 aromatic carbocycles. The van der Waals surface area contributed by atoms with Gasteiger partial charge in [0.1, 0.15) is 5.56 Å². The first-order valence-electron chi connectivity index (χ1n) is 13.7. The number of pyridine rings is 1. The maximum atomic E-state index is 13.5. The number of amides is 3. The molecular formula is C29H34N6O4S. The van der Waals surface area contributed by atoms with Crippen LogP contribution in [0.1, 0.15) is 65.5 Å². The summed E-state index contributed by atoms with van der Waals surface area (Å²) in [6.45, 7) is 4.94. The Morgan fingerprint density at radius 2 is 1.95 bits per heavy atom. The smallest absolute Gasteiger partial charge is 0.313 e. The zero-order valence-electron chi connectivity index (χ0n) is 23.0. The van der Waals surface area contributed by atoms with Gasteiger partial charge in [-0.2, -0.15) is 0 Å². The lowest BCUT2D eigenvalue weighted by Gasteiger charge is -2.58. The molecule has 0 unspecified atom stereocenters. The molecule has 40 heavy (non-hydrogen) atoms. The molecule has 10 nitrogen and oxygen atoms in total. The van der Waals surface area contributed by atoms with Gasteiger partial charge in [-0.25, -0.2) is 9.97 Å². The third-order valence-electron chi connectivity index (χ3n) is 8.57. The van der Waals surface area contributed by atoms with Crippen LogP contribution in [0.2, 0.25) is 0 Å². The van der Waals surface area contributed by atoms with Crippen molar-refractivity contribution in [2.24, 2.45) is 17.1 Å². The minimum absolute atomic E-state index is 0.0187. The van der Waals surface area contributed by atoms with Crippen molar-refractivity contribution in [2.75, 3.05) is 39.1 Å². The number of thiazole rings is 1. The number of anilines is 1. The number of carbonyl (C=O) groups excluding carboxylic acids is 3. The molecule has 210 valence electrons. The second kappa shape index (κ2) is 10.1. The Balaban J connectivity index is 1.19. The van der Waals surface area contributed by atoms with Gasteiger partial charge in [0.05, 0.1) is 40.3 Å². The van der Waals surface area contributed by atoms with Gasteiger partial charge in [-0.3, -0.25) is 14.4 Å². The van der Waals surface area contributed by atoms with Crippen molar-refractivity contribution in [2.45, 2.75) is 44.6 Å². The van der Waals surface area contributed by atoms with E-state index >= 15 is 0 Å². The molecule has 4 heterocycles. The summed E-state index contributed by atoms with van der Waals surface area (Å²) in [6, 6.07) is 7.39. The van der Waals surface area contributed by atoms with E-state index in [9.17, 15) is 14.4 Å². The molecule has 2 atom stereocenters. The fraction of sp³-hybridized carbons (Fsp3) is 0.483. The number of carbonyl (C=O) groups is 3. The summed E-state index contributed by atoms with van der Waals surface area (Å²) in [5, 5.41) is 3.79. The summed E-state index contributed by atoms with van der Waals surface area (Å²) < 4.78 is 6.21. The molecule has 1 aliphatic carbocycles. The molecule has 2 aromatic heterocycles. The predicted molar refractivity (Wildman–Crippen MR) is 152 cm³/mol. The van der Waals surface area contributed by atoms with Crippen LogP contribution >= 0.6 is 11.3 Å². The second-order valence-corrected chi connectivity index (χ2v) is 12.9. The molecule has 2 saturated heterocycles. The van der Waals surface area contributed by atoms with Gasteiger partial charge in [0, 0.05) is 25.6 Å². The van der Waals surface area contributed by atoms with E-state index in [0.717, 1.165) is 28.6 Å². The number of methoxy groups -OCH3 is 1. The molecule has 3 N–H and O–H groups in total. The first kappa shape index (κ1) is 26.6. The summed E-state index contributed by atoms with van der Waals surface area (Å²) in [5.74, 6) is -1.31. The van der Waals surface area contributed by atoms with E-state index < -0.39 is 17.7 Å². The van der Waals surface area contributed by atoms with Crippen molar-refractivity contribution in [3.63, 3.8) is 0 Å². The van der Waals surface area contributed by atoms with Crippen LogP contribution in [0, 0.1) is 11.3 Å². The Morgan fingerprint density at radius 3 is 2.65 bits per heavy atom. The van der Waals surface area contributed by atoms with Gasteiger partial charge in [-0.15, -0.1) is 11.3 Å². The van der Waals surface area contributed by atoms with E-state index in [-0.39, 0.29) is 29.1 Å². The fourth-order valence-electron chi connectivity index (χ4n) is 6.76. The highest BCUT2D eigenvalue weighted by Crippen LogP contribution is 2.56. The molecule has 0 radical (unpaired) electrons. The zero-order chi connectivity index (χ0) is 28.2. The van der Waals surface area contributed by atoms with E-state index in [0.29, 0.717) is 17.9 Å². The number of aromatic nitrogens is 2. The van der Waals surface area contributed by atoms with E-state index in [4.69, 9.17) is 15.5 Å². The van der Waals surface area contributed by atoms with Crippen LogP contribution in [0.25, 0.3) is 10.2 Å². The summed E-state index contributed by atoms with van der Waals surface area (Å²) >= 11 is 1.77. The summed E-state index contributed by atoms with van der Waals surface area (Å²) in [6.07, 6.45) is 5.48. The number of hydrogen-bond acceptors (Lipinski definition) is 8. The van der Waals surface area contributed by atoms with Gasteiger partial charge in [0.2, 0.25) is 5.88 Å². The van der Waals surface area contributed by atoms with Crippen LogP contribution in [0.4, 0.5) is 5.69 Å². The van der Waals surface area contributed by atoms with Crippen molar-refractivity contribution in [3.8, 4) is 5.88 Å². The molecule has 0 bridgehead atoms.